The van der Waals surface area contributed by atoms with Crippen LogP contribution in [0, 0.1) is 6.92 Å². The second-order valence-electron chi connectivity index (χ2n) is 8.12. The summed E-state index contributed by atoms with van der Waals surface area (Å²) in [6.45, 7) is 12.4. The number of ether oxygens (including phenoxy) is 1. The number of nitrogens with one attached hydrogen (secondary N) is 1. The van der Waals surface area contributed by atoms with Crippen LogP contribution in [0.5, 0.6) is 0 Å². The van der Waals surface area contributed by atoms with Crippen molar-refractivity contribution in [2.75, 3.05) is 36.5 Å². The van der Waals surface area contributed by atoms with Gasteiger partial charge in [0, 0.05) is 43.2 Å². The number of hydrogen-bond donors (Lipinski definition) is 1. The molecule has 0 spiro atoms. The van der Waals surface area contributed by atoms with Crippen LogP contribution in [0.1, 0.15) is 52.0 Å². The molecule has 1 aromatic carbocycles. The van der Waals surface area contributed by atoms with E-state index in [0.29, 0.717) is 12.6 Å². The number of amides is 1. The highest BCUT2D eigenvalue weighted by Crippen LogP contribution is 2.30. The minimum absolute atomic E-state index is 0.0800. The van der Waals surface area contributed by atoms with Gasteiger partial charge in [-0.25, -0.2) is 0 Å². The van der Waals surface area contributed by atoms with Gasteiger partial charge in [0.2, 0.25) is 0 Å². The van der Waals surface area contributed by atoms with Gasteiger partial charge in [-0.2, -0.15) is 0 Å². The molecule has 0 aromatic heterocycles. The predicted octanol–water partition coefficient (Wildman–Crippen LogP) is 3.81. The number of likely N-dealkylation sites (tertiary alicyclic amines) is 1. The first-order valence-corrected chi connectivity index (χ1v) is 10.5. The molecule has 27 heavy (non-hydrogen) atoms. The first-order chi connectivity index (χ1) is 13.0. The highest BCUT2D eigenvalue weighted by atomic mass is 16.5. The molecule has 2 heterocycles. The molecule has 0 radical (unpaired) electrons. The molecule has 1 aromatic rings. The van der Waals surface area contributed by atoms with Gasteiger partial charge in [0.05, 0.1) is 0 Å². The maximum atomic E-state index is 12.3. The first kappa shape index (κ1) is 20.2. The lowest BCUT2D eigenvalue weighted by Gasteiger charge is -2.28. The Morgan fingerprint density at radius 3 is 2.81 bits per heavy atom. The highest BCUT2D eigenvalue weighted by molar-refractivity contribution is 5.94. The fourth-order valence-electron chi connectivity index (χ4n) is 4.33. The van der Waals surface area contributed by atoms with Crippen molar-refractivity contribution in [2.24, 2.45) is 0 Å². The largest absolute Gasteiger partial charge is 0.370 e. The third kappa shape index (κ3) is 4.82. The Labute approximate surface area is 164 Å². The molecule has 1 N–H and O–H groups in total. The minimum Gasteiger partial charge on any atom is -0.370 e. The molecule has 2 saturated heterocycles. The van der Waals surface area contributed by atoms with Crippen LogP contribution < -0.4 is 10.2 Å². The zero-order valence-electron chi connectivity index (χ0n) is 17.3. The summed E-state index contributed by atoms with van der Waals surface area (Å²) in [7, 11) is 0. The third-order valence-corrected chi connectivity index (χ3v) is 6.01. The lowest BCUT2D eigenvalue weighted by molar-refractivity contribution is -0.126. The van der Waals surface area contributed by atoms with E-state index in [9.17, 15) is 4.79 Å². The summed E-state index contributed by atoms with van der Waals surface area (Å²) in [6, 6.07) is 7.77. The Balaban J connectivity index is 1.59. The van der Waals surface area contributed by atoms with Gasteiger partial charge in [0.15, 0.2) is 0 Å². The lowest BCUT2D eigenvalue weighted by Crippen LogP contribution is -2.39. The SMILES string of the molecule is CCCOC(C)C(=O)Nc1ccc(N2CC[C@H](N3CCC[C@@H]3C)C2)cc1C. The Bertz CT molecular complexity index is 648. The van der Waals surface area contributed by atoms with Crippen LogP contribution in [-0.4, -0.2) is 55.2 Å². The van der Waals surface area contributed by atoms with Gasteiger partial charge in [-0.05, 0) is 76.8 Å². The predicted molar refractivity (Wildman–Crippen MR) is 112 cm³/mol. The second kappa shape index (κ2) is 9.07. The summed E-state index contributed by atoms with van der Waals surface area (Å²) in [6.07, 6.45) is 4.41. The number of anilines is 2. The monoisotopic (exact) mass is 373 g/mol. The molecule has 2 aliphatic heterocycles. The number of benzene rings is 1. The van der Waals surface area contributed by atoms with Crippen molar-refractivity contribution in [1.82, 2.24) is 4.90 Å². The average molecular weight is 374 g/mol. The van der Waals surface area contributed by atoms with Crippen LogP contribution in [0.2, 0.25) is 0 Å². The normalized spacial score (nSPS) is 24.4. The number of hydrogen-bond acceptors (Lipinski definition) is 4. The zero-order chi connectivity index (χ0) is 19.4. The maximum Gasteiger partial charge on any atom is 0.253 e. The second-order valence-corrected chi connectivity index (χ2v) is 8.12. The van der Waals surface area contributed by atoms with Crippen LogP contribution in [0.3, 0.4) is 0 Å². The van der Waals surface area contributed by atoms with Crippen LogP contribution >= 0.6 is 0 Å². The van der Waals surface area contributed by atoms with Crippen LogP contribution in [-0.2, 0) is 9.53 Å². The van der Waals surface area contributed by atoms with Gasteiger partial charge in [0.25, 0.3) is 5.91 Å². The number of nitrogens with zero attached hydrogens (tertiary/aromatic N) is 2. The van der Waals surface area contributed by atoms with E-state index < -0.39 is 6.10 Å². The standard InChI is InChI=1S/C22H35N3O2/c1-5-13-27-18(4)22(26)23-21-9-8-19(14-16(21)2)24-12-10-20(15-24)25-11-6-7-17(25)3/h8-9,14,17-18,20H,5-7,10-13,15H2,1-4H3,(H,23,26)/t17-,18?,20-/m0/s1. The number of rotatable bonds is 7. The van der Waals surface area contributed by atoms with Gasteiger partial charge in [0.1, 0.15) is 6.10 Å². The Morgan fingerprint density at radius 2 is 2.15 bits per heavy atom. The van der Waals surface area contributed by atoms with E-state index in [1.807, 2.05) is 13.0 Å². The Morgan fingerprint density at radius 1 is 1.33 bits per heavy atom. The third-order valence-electron chi connectivity index (χ3n) is 6.01. The summed E-state index contributed by atoms with van der Waals surface area (Å²) in [5.74, 6) is -0.0800. The number of carbonyl (C=O) groups excluding carboxylic acids is 1. The summed E-state index contributed by atoms with van der Waals surface area (Å²) in [4.78, 5) is 17.5. The van der Waals surface area contributed by atoms with Crippen molar-refractivity contribution in [3.8, 4) is 0 Å². The molecule has 150 valence electrons. The lowest BCUT2D eigenvalue weighted by atomic mass is 10.1. The number of aryl methyl sites for hydroxylation is 1. The molecule has 1 amide bonds. The quantitative estimate of drug-likeness (QED) is 0.789. The van der Waals surface area contributed by atoms with Gasteiger partial charge >= 0.3 is 0 Å². The van der Waals surface area contributed by atoms with E-state index in [4.69, 9.17) is 4.74 Å². The van der Waals surface area contributed by atoms with Gasteiger partial charge in [-0.15, -0.1) is 0 Å². The fraction of sp³-hybridized carbons (Fsp3) is 0.682. The number of carbonyl (C=O) groups is 1. The van der Waals surface area contributed by atoms with Gasteiger partial charge in [-0.3, -0.25) is 9.69 Å². The summed E-state index contributed by atoms with van der Waals surface area (Å²) >= 11 is 0. The minimum atomic E-state index is -0.425. The topological polar surface area (TPSA) is 44.8 Å². The average Bonchev–Trinajstić information content (AvgIpc) is 3.30. The molecule has 5 heteroatoms. The molecule has 2 fully saturated rings. The molecule has 0 saturated carbocycles. The molecule has 0 bridgehead atoms. The molecular formula is C22H35N3O2. The van der Waals surface area contributed by atoms with Crippen molar-refractivity contribution < 1.29 is 9.53 Å². The smallest absolute Gasteiger partial charge is 0.253 e. The van der Waals surface area contributed by atoms with Crippen molar-refractivity contribution in [3.63, 3.8) is 0 Å². The summed E-state index contributed by atoms with van der Waals surface area (Å²) in [5.41, 5.74) is 3.23. The molecule has 0 aliphatic carbocycles. The van der Waals surface area contributed by atoms with Crippen molar-refractivity contribution in [2.45, 2.75) is 71.6 Å². The van der Waals surface area contributed by atoms with Gasteiger partial charge < -0.3 is 15.0 Å². The maximum absolute atomic E-state index is 12.3. The molecule has 5 nitrogen and oxygen atoms in total. The molecule has 1 unspecified atom stereocenters. The van der Waals surface area contributed by atoms with E-state index in [-0.39, 0.29) is 5.91 Å². The molecule has 3 rings (SSSR count). The van der Waals surface area contributed by atoms with Crippen LogP contribution in [0.4, 0.5) is 11.4 Å². The van der Waals surface area contributed by atoms with E-state index in [1.165, 1.54) is 31.5 Å². The highest BCUT2D eigenvalue weighted by Gasteiger charge is 2.33. The molecule has 2 aliphatic rings. The van der Waals surface area contributed by atoms with E-state index in [1.54, 1.807) is 6.92 Å². The van der Waals surface area contributed by atoms with Crippen molar-refractivity contribution in [1.29, 1.82) is 0 Å². The van der Waals surface area contributed by atoms with Crippen LogP contribution in [0.25, 0.3) is 0 Å². The van der Waals surface area contributed by atoms with E-state index in [0.717, 1.165) is 36.8 Å². The first-order valence-electron chi connectivity index (χ1n) is 10.5. The summed E-state index contributed by atoms with van der Waals surface area (Å²) in [5, 5.41) is 3.01. The zero-order valence-corrected chi connectivity index (χ0v) is 17.3. The van der Waals surface area contributed by atoms with E-state index >= 15 is 0 Å². The fourth-order valence-corrected chi connectivity index (χ4v) is 4.33. The van der Waals surface area contributed by atoms with Crippen molar-refractivity contribution >= 4 is 17.3 Å². The van der Waals surface area contributed by atoms with E-state index in [2.05, 4.69) is 41.1 Å². The summed E-state index contributed by atoms with van der Waals surface area (Å²) < 4.78 is 5.51. The van der Waals surface area contributed by atoms with Crippen molar-refractivity contribution in [3.05, 3.63) is 23.8 Å². The Hall–Kier alpha value is -1.59. The van der Waals surface area contributed by atoms with Gasteiger partial charge in [-0.1, -0.05) is 6.92 Å². The Kier molecular flexibility index (Phi) is 6.77. The van der Waals surface area contributed by atoms with Crippen LogP contribution in [0.15, 0.2) is 18.2 Å². The molecular weight excluding hydrogens is 338 g/mol. The molecule has 3 atom stereocenters.